The molecule has 2 N–H and O–H groups in total. The van der Waals surface area contributed by atoms with Gasteiger partial charge in [0.05, 0.1) is 15.7 Å². The van der Waals surface area contributed by atoms with Crippen LogP contribution in [-0.2, 0) is 9.59 Å². The van der Waals surface area contributed by atoms with E-state index in [-0.39, 0.29) is 23.4 Å². The Morgan fingerprint density at radius 3 is 2.35 bits per heavy atom. The highest BCUT2D eigenvalue weighted by Gasteiger charge is 2.40. The van der Waals surface area contributed by atoms with E-state index >= 15 is 0 Å². The van der Waals surface area contributed by atoms with Gasteiger partial charge in [0.1, 0.15) is 0 Å². The summed E-state index contributed by atoms with van der Waals surface area (Å²) in [5.74, 6) is -0.118. The molecule has 1 aliphatic rings. The van der Waals surface area contributed by atoms with Crippen molar-refractivity contribution in [2.75, 3.05) is 15.2 Å². The molecule has 2 heterocycles. The number of nitrogens with zero attached hydrogens (tertiary/aromatic N) is 3. The standard InChI is InChI=1S/C28H25Cl2N5O2/c1-16(2)27(37)32-18-8-10-19(11-9-18)34-26(17(3)36)33-35(20-12-13-23(29)24(30)14-20)28(34)22-15-31-25-7-5-4-6-21(22)25/h4-16,28,31H,1-3H3,(H,32,37)/t28-/m0/s1. The SMILES string of the molecule is CC(=O)C1=NN(c2ccc(Cl)c(Cl)c2)[C@@H](c2c[nH]c3ccccc23)N1c1ccc(NC(=O)C(C)C)cc1. The lowest BCUT2D eigenvalue weighted by atomic mass is 10.1. The van der Waals surface area contributed by atoms with Gasteiger partial charge in [-0.25, -0.2) is 5.01 Å². The Hall–Kier alpha value is -3.81. The highest BCUT2D eigenvalue weighted by molar-refractivity contribution is 6.44. The molecule has 0 radical (unpaired) electrons. The molecule has 1 aliphatic heterocycles. The molecule has 0 saturated heterocycles. The summed E-state index contributed by atoms with van der Waals surface area (Å²) >= 11 is 12.6. The highest BCUT2D eigenvalue weighted by Crippen LogP contribution is 2.42. The van der Waals surface area contributed by atoms with Gasteiger partial charge in [-0.15, -0.1) is 5.10 Å². The molecule has 9 heteroatoms. The molecule has 0 spiro atoms. The van der Waals surface area contributed by atoms with Crippen molar-refractivity contribution in [2.24, 2.45) is 11.0 Å². The van der Waals surface area contributed by atoms with Crippen LogP contribution >= 0.6 is 23.2 Å². The third-order valence-electron chi connectivity index (χ3n) is 6.23. The monoisotopic (exact) mass is 533 g/mol. The Morgan fingerprint density at radius 2 is 1.68 bits per heavy atom. The van der Waals surface area contributed by atoms with E-state index in [1.807, 2.05) is 79.5 Å². The number of carbonyl (C=O) groups is 2. The third kappa shape index (κ3) is 4.68. The molecule has 3 aromatic carbocycles. The molecular formula is C28H25Cl2N5O2. The average Bonchev–Trinajstić information content (AvgIpc) is 3.48. The van der Waals surface area contributed by atoms with E-state index in [4.69, 9.17) is 28.3 Å². The number of halogens is 2. The molecule has 188 valence electrons. The number of hydrazone groups is 1. The quantitative estimate of drug-likeness (QED) is 0.279. The molecule has 0 fully saturated rings. The van der Waals surface area contributed by atoms with Crippen molar-refractivity contribution in [2.45, 2.75) is 26.9 Å². The minimum atomic E-state index is -0.497. The van der Waals surface area contributed by atoms with Gasteiger partial charge in [0, 0.05) is 46.9 Å². The van der Waals surface area contributed by atoms with Crippen molar-refractivity contribution in [1.29, 1.82) is 0 Å². The number of aromatic amines is 1. The number of Topliss-reactive ketones (excluding diaryl/α,β-unsaturated/α-hetero) is 1. The van der Waals surface area contributed by atoms with Crippen LogP contribution in [0.25, 0.3) is 10.9 Å². The van der Waals surface area contributed by atoms with Gasteiger partial charge in [0.15, 0.2) is 17.8 Å². The van der Waals surface area contributed by atoms with Gasteiger partial charge < -0.3 is 10.3 Å². The highest BCUT2D eigenvalue weighted by atomic mass is 35.5. The van der Waals surface area contributed by atoms with Crippen LogP contribution in [0.15, 0.2) is 78.0 Å². The normalized spacial score (nSPS) is 15.4. The largest absolute Gasteiger partial charge is 0.361 e. The predicted octanol–water partition coefficient (Wildman–Crippen LogP) is 7.00. The first kappa shape index (κ1) is 24.9. The molecule has 5 rings (SSSR count). The number of nitrogens with one attached hydrogen (secondary N) is 2. The van der Waals surface area contributed by atoms with E-state index in [9.17, 15) is 9.59 Å². The summed E-state index contributed by atoms with van der Waals surface area (Å²) in [4.78, 5) is 30.3. The molecule has 7 nitrogen and oxygen atoms in total. The van der Waals surface area contributed by atoms with Crippen molar-refractivity contribution in [3.8, 4) is 0 Å². The van der Waals surface area contributed by atoms with Crippen molar-refractivity contribution < 1.29 is 9.59 Å². The zero-order chi connectivity index (χ0) is 26.3. The Balaban J connectivity index is 1.64. The Morgan fingerprint density at radius 1 is 0.973 bits per heavy atom. The summed E-state index contributed by atoms with van der Waals surface area (Å²) in [6, 6.07) is 20.6. The lowest BCUT2D eigenvalue weighted by Crippen LogP contribution is -2.37. The van der Waals surface area contributed by atoms with Crippen molar-refractivity contribution in [3.63, 3.8) is 0 Å². The van der Waals surface area contributed by atoms with E-state index in [0.717, 1.165) is 22.2 Å². The topological polar surface area (TPSA) is 80.8 Å². The van der Waals surface area contributed by atoms with Gasteiger partial charge in [-0.3, -0.25) is 14.5 Å². The van der Waals surface area contributed by atoms with Gasteiger partial charge in [0.25, 0.3) is 0 Å². The smallest absolute Gasteiger partial charge is 0.226 e. The van der Waals surface area contributed by atoms with Gasteiger partial charge in [-0.1, -0.05) is 55.2 Å². The number of anilines is 3. The Labute approximate surface area is 224 Å². The van der Waals surface area contributed by atoms with E-state index in [2.05, 4.69) is 10.3 Å². The van der Waals surface area contributed by atoms with E-state index < -0.39 is 6.17 Å². The number of ketones is 1. The van der Waals surface area contributed by atoms with E-state index in [1.165, 1.54) is 6.92 Å². The summed E-state index contributed by atoms with van der Waals surface area (Å²) in [5, 5.41) is 11.3. The molecule has 4 aromatic rings. The van der Waals surface area contributed by atoms with Crippen LogP contribution in [0, 0.1) is 5.92 Å². The van der Waals surface area contributed by atoms with Gasteiger partial charge in [-0.2, -0.15) is 0 Å². The second kappa shape index (κ2) is 9.92. The van der Waals surface area contributed by atoms with Gasteiger partial charge in [0.2, 0.25) is 5.91 Å². The molecule has 1 atom stereocenters. The average molecular weight is 534 g/mol. The van der Waals surface area contributed by atoms with Crippen LogP contribution in [0.1, 0.15) is 32.5 Å². The zero-order valence-electron chi connectivity index (χ0n) is 20.5. The number of hydrogen-bond donors (Lipinski definition) is 2. The molecule has 37 heavy (non-hydrogen) atoms. The number of amides is 1. The summed E-state index contributed by atoms with van der Waals surface area (Å²) in [5.41, 5.74) is 4.00. The zero-order valence-corrected chi connectivity index (χ0v) is 22.0. The maximum Gasteiger partial charge on any atom is 0.226 e. The number of aromatic nitrogens is 1. The number of amidine groups is 1. The summed E-state index contributed by atoms with van der Waals surface area (Å²) < 4.78 is 0. The molecule has 1 aromatic heterocycles. The van der Waals surface area contributed by atoms with Crippen molar-refractivity contribution >= 4 is 68.7 Å². The van der Waals surface area contributed by atoms with Crippen LogP contribution in [0.5, 0.6) is 0 Å². The van der Waals surface area contributed by atoms with Crippen LogP contribution in [0.2, 0.25) is 10.0 Å². The minimum absolute atomic E-state index is 0.0672. The lowest BCUT2D eigenvalue weighted by Gasteiger charge is -2.32. The number of fused-ring (bicyclic) bond motifs is 1. The summed E-state index contributed by atoms with van der Waals surface area (Å²) in [6.45, 7) is 5.17. The summed E-state index contributed by atoms with van der Waals surface area (Å²) in [6.07, 6.45) is 1.44. The number of H-pyrrole nitrogens is 1. The Bertz CT molecular complexity index is 1530. The first-order valence-corrected chi connectivity index (χ1v) is 12.6. The van der Waals surface area contributed by atoms with Crippen molar-refractivity contribution in [1.82, 2.24) is 4.98 Å². The fourth-order valence-corrected chi connectivity index (χ4v) is 4.62. The van der Waals surface area contributed by atoms with Crippen LogP contribution in [0.3, 0.4) is 0 Å². The van der Waals surface area contributed by atoms with Crippen LogP contribution in [0.4, 0.5) is 17.1 Å². The molecule has 1 amide bonds. The summed E-state index contributed by atoms with van der Waals surface area (Å²) in [7, 11) is 0. The lowest BCUT2D eigenvalue weighted by molar-refractivity contribution is -0.119. The van der Waals surface area contributed by atoms with Gasteiger partial charge in [-0.05, 0) is 48.5 Å². The number of para-hydroxylation sites is 1. The van der Waals surface area contributed by atoms with Gasteiger partial charge >= 0.3 is 0 Å². The second-order valence-corrected chi connectivity index (χ2v) is 9.96. The van der Waals surface area contributed by atoms with E-state index in [1.54, 1.807) is 17.1 Å². The minimum Gasteiger partial charge on any atom is -0.361 e. The Kier molecular flexibility index (Phi) is 6.67. The van der Waals surface area contributed by atoms with Crippen molar-refractivity contribution in [3.05, 3.63) is 88.5 Å². The molecule has 0 saturated carbocycles. The fraction of sp³-hybridized carbons (Fsp3) is 0.179. The van der Waals surface area contributed by atoms with E-state index in [0.29, 0.717) is 21.4 Å². The first-order valence-electron chi connectivity index (χ1n) is 11.8. The fourth-order valence-electron chi connectivity index (χ4n) is 4.33. The first-order chi connectivity index (χ1) is 17.7. The number of rotatable bonds is 6. The third-order valence-corrected chi connectivity index (χ3v) is 6.97. The number of benzene rings is 3. The number of hydrogen-bond acceptors (Lipinski definition) is 5. The maximum atomic E-state index is 12.9. The van der Waals surface area contributed by atoms with Crippen LogP contribution < -0.4 is 15.2 Å². The molecular weight excluding hydrogens is 509 g/mol. The maximum absolute atomic E-state index is 12.9. The molecule has 0 unspecified atom stereocenters. The van der Waals surface area contributed by atoms with Crippen LogP contribution in [-0.4, -0.2) is 22.5 Å². The predicted molar refractivity (Wildman–Crippen MR) is 150 cm³/mol. The molecule has 0 bridgehead atoms. The number of carbonyl (C=O) groups excluding carboxylic acids is 2. The molecule has 0 aliphatic carbocycles. The second-order valence-electron chi connectivity index (χ2n) is 9.15.